The Morgan fingerprint density at radius 2 is 1.75 bits per heavy atom. The zero-order chi connectivity index (χ0) is 45.1. The summed E-state index contributed by atoms with van der Waals surface area (Å²) in [7, 11) is -4.07. The SMILES string of the molecule is CC.CCCOc1cnc(O[C@@H]2C[C@H]3C(=O)N[C@]4(C(=O)NS(=O)(=O)C5(C)CC5)C[C@H]4/C=C\CC[C@@H](C)C[C@@H](C)[C@H](NC(=O)NC(C)(C)C(F)(F)F)C(=O)N3C2)c2ccccc12.[HH].[HH].[HH].[HH]. The van der Waals surface area contributed by atoms with Gasteiger partial charge in [-0.15, -0.1) is 0 Å². The maximum absolute atomic E-state index is 14.8. The Hall–Kier alpha value is -4.61. The summed E-state index contributed by atoms with van der Waals surface area (Å²) in [6.07, 6.45) is 2.69. The summed E-state index contributed by atoms with van der Waals surface area (Å²) in [6.45, 7) is 13.1. The van der Waals surface area contributed by atoms with Crippen LogP contribution in [0.3, 0.4) is 0 Å². The molecule has 0 radical (unpaired) electrons. The summed E-state index contributed by atoms with van der Waals surface area (Å²) < 4.78 is 81.3. The fourth-order valence-corrected chi connectivity index (χ4v) is 9.16. The molecule has 4 aliphatic rings. The molecule has 2 aromatic rings. The average Bonchev–Trinajstić information content (AvgIpc) is 4.08. The number of pyridine rings is 1. The number of nitrogens with one attached hydrogen (secondary N) is 4. The monoisotopic (exact) mass is 886 g/mol. The lowest BCUT2D eigenvalue weighted by Crippen LogP contribution is -2.62. The van der Waals surface area contributed by atoms with Crippen LogP contribution >= 0.6 is 0 Å². The molecule has 7 atom stereocenters. The molecule has 2 aliphatic heterocycles. The van der Waals surface area contributed by atoms with Gasteiger partial charge >= 0.3 is 12.2 Å². The van der Waals surface area contributed by atoms with Crippen molar-refractivity contribution in [3.8, 4) is 11.6 Å². The number of alkyl halides is 3. The minimum atomic E-state index is -4.80. The molecule has 1 aromatic carbocycles. The fraction of sp³-hybridized carbons (Fsp3) is 0.651. The number of allylic oxidation sites excluding steroid dienone is 1. The van der Waals surface area contributed by atoms with Crippen LogP contribution in [0.4, 0.5) is 18.0 Å². The molecule has 6 rings (SSSR count). The summed E-state index contributed by atoms with van der Waals surface area (Å²) in [5.74, 6) is -2.78. The number of hydrogen-bond acceptors (Lipinski definition) is 9. The number of halogens is 3. The summed E-state index contributed by atoms with van der Waals surface area (Å²) in [5.41, 5.74) is -4.27. The second kappa shape index (κ2) is 18.4. The van der Waals surface area contributed by atoms with Crippen LogP contribution < -0.4 is 30.1 Å². The van der Waals surface area contributed by atoms with Gasteiger partial charge < -0.3 is 30.3 Å². The summed E-state index contributed by atoms with van der Waals surface area (Å²) in [5, 5.41) is 8.60. The number of aromatic nitrogens is 1. The van der Waals surface area contributed by atoms with E-state index < -0.39 is 85.8 Å². The molecule has 4 N–H and O–H groups in total. The van der Waals surface area contributed by atoms with Crippen molar-refractivity contribution in [2.75, 3.05) is 13.2 Å². The van der Waals surface area contributed by atoms with Gasteiger partial charge in [0.15, 0.2) is 0 Å². The van der Waals surface area contributed by atoms with E-state index >= 15 is 0 Å². The van der Waals surface area contributed by atoms with Gasteiger partial charge in [-0.25, -0.2) is 18.2 Å². The van der Waals surface area contributed by atoms with Gasteiger partial charge in [0.05, 0.1) is 24.1 Å². The van der Waals surface area contributed by atoms with Gasteiger partial charge in [0, 0.05) is 28.8 Å². The molecule has 1 saturated heterocycles. The van der Waals surface area contributed by atoms with Crippen LogP contribution in [0.5, 0.6) is 11.6 Å². The third-order valence-corrected chi connectivity index (χ3v) is 14.3. The predicted octanol–water partition coefficient (Wildman–Crippen LogP) is 7.28. The molecule has 18 heteroatoms. The average molecular weight is 887 g/mol. The maximum Gasteiger partial charge on any atom is 0.411 e. The fourth-order valence-electron chi connectivity index (χ4n) is 7.85. The van der Waals surface area contributed by atoms with Crippen molar-refractivity contribution in [3.05, 3.63) is 42.6 Å². The maximum atomic E-state index is 14.8. The number of amides is 5. The molecule has 3 heterocycles. The zero-order valence-corrected chi connectivity index (χ0v) is 37.1. The number of rotatable bonds is 10. The predicted molar refractivity (Wildman–Crippen MR) is 232 cm³/mol. The van der Waals surface area contributed by atoms with Crippen LogP contribution in [-0.4, -0.2) is 95.4 Å². The van der Waals surface area contributed by atoms with Gasteiger partial charge in [-0.3, -0.25) is 19.1 Å². The smallest absolute Gasteiger partial charge is 0.411 e. The van der Waals surface area contributed by atoms with Gasteiger partial charge in [0.25, 0.3) is 5.91 Å². The first-order valence-electron chi connectivity index (χ1n) is 21.3. The number of hydrogen-bond donors (Lipinski definition) is 4. The van der Waals surface area contributed by atoms with Gasteiger partial charge in [0.2, 0.25) is 27.7 Å². The van der Waals surface area contributed by atoms with Crippen LogP contribution in [0.2, 0.25) is 0 Å². The Balaban J connectivity index is 0.00000347. The molecular weight excluding hydrogens is 818 g/mol. The van der Waals surface area contributed by atoms with Gasteiger partial charge in [-0.2, -0.15) is 13.2 Å². The highest BCUT2D eigenvalue weighted by Gasteiger charge is 2.63. The number of sulfonamides is 1. The molecule has 3 fully saturated rings. The third kappa shape index (κ3) is 10.4. The largest absolute Gasteiger partial charge is 0.491 e. The van der Waals surface area contributed by atoms with E-state index in [-0.39, 0.29) is 36.9 Å². The van der Waals surface area contributed by atoms with Crippen molar-refractivity contribution in [3.63, 3.8) is 0 Å². The second-order valence-corrected chi connectivity index (χ2v) is 19.7. The Labute approximate surface area is 362 Å². The number of fused-ring (bicyclic) bond motifs is 3. The number of urea groups is 1. The van der Waals surface area contributed by atoms with E-state index in [0.29, 0.717) is 49.8 Å². The molecule has 2 aliphatic carbocycles. The highest BCUT2D eigenvalue weighted by molar-refractivity contribution is 7.91. The van der Waals surface area contributed by atoms with Gasteiger partial charge in [0.1, 0.15) is 35.0 Å². The first-order valence-corrected chi connectivity index (χ1v) is 22.8. The van der Waals surface area contributed by atoms with Crippen molar-refractivity contribution >= 4 is 44.5 Å². The van der Waals surface area contributed by atoms with Crippen LogP contribution in [0.25, 0.3) is 10.8 Å². The lowest BCUT2D eigenvalue weighted by atomic mass is 9.88. The topological polar surface area (TPSA) is 185 Å². The van der Waals surface area contributed by atoms with E-state index in [2.05, 4.69) is 20.3 Å². The van der Waals surface area contributed by atoms with Gasteiger partial charge in [-0.05, 0) is 83.6 Å². The minimum Gasteiger partial charge on any atom is -0.491 e. The lowest BCUT2D eigenvalue weighted by Gasteiger charge is -2.34. The van der Waals surface area contributed by atoms with E-state index in [1.807, 2.05) is 51.2 Å². The number of carbonyl (C=O) groups is 4. The van der Waals surface area contributed by atoms with Crippen LogP contribution in [0.15, 0.2) is 42.6 Å². The Kier molecular flexibility index (Phi) is 14.3. The summed E-state index contributed by atoms with van der Waals surface area (Å²) in [4.78, 5) is 62.3. The van der Waals surface area contributed by atoms with Crippen molar-refractivity contribution in [1.82, 2.24) is 30.6 Å². The van der Waals surface area contributed by atoms with E-state index in [9.17, 15) is 40.8 Å². The standard InChI is InChI=1S/C41H55F3N6O8S.C2H6.4H2/c1-7-18-57-31-22-45-34(29-15-11-10-14-28(29)31)58-27-20-30-33(51)47-40(36(53)49-59(55,56)39(6)16-17-39)21-26(40)13-9-8-12-24(2)19-25(3)32(35(52)50(30)23-27)46-37(54)48-38(4,5)41(42,43)44;1-2;;;;/h9-11,13-15,22,24-27,30,32H,7-8,12,16-21,23H2,1-6H3,(H,47,51)(H,49,53)(H2,46,48,54);1-2H3;4*1H/b13-9-;;;;;/t24-,25-,26-,27-,30+,32+,40-;;;;;/m1...../s1. The number of carbonyl (C=O) groups excluding carboxylic acids is 4. The van der Waals surface area contributed by atoms with Crippen molar-refractivity contribution in [1.29, 1.82) is 0 Å². The first kappa shape index (κ1) is 47.4. The Morgan fingerprint density at radius 3 is 2.39 bits per heavy atom. The Morgan fingerprint density at radius 1 is 1.08 bits per heavy atom. The lowest BCUT2D eigenvalue weighted by molar-refractivity contribution is -0.182. The van der Waals surface area contributed by atoms with Crippen molar-refractivity contribution in [2.24, 2.45) is 17.8 Å². The van der Waals surface area contributed by atoms with Crippen LogP contribution in [-0.2, 0) is 24.4 Å². The third-order valence-electron chi connectivity index (χ3n) is 12.1. The number of ether oxygens (including phenoxy) is 2. The molecule has 61 heavy (non-hydrogen) atoms. The van der Waals surface area contributed by atoms with E-state index in [0.717, 1.165) is 25.7 Å². The Bertz CT molecular complexity index is 2120. The molecule has 0 spiro atoms. The van der Waals surface area contributed by atoms with E-state index in [1.54, 1.807) is 32.1 Å². The number of nitrogens with zero attached hydrogens (tertiary/aromatic N) is 2. The number of benzene rings is 1. The van der Waals surface area contributed by atoms with Gasteiger partial charge in [-0.1, -0.05) is 65.0 Å². The van der Waals surface area contributed by atoms with E-state index in [1.165, 1.54) is 11.1 Å². The molecule has 1 aromatic heterocycles. The highest BCUT2D eigenvalue weighted by atomic mass is 32.2. The summed E-state index contributed by atoms with van der Waals surface area (Å²) in [6, 6.07) is 3.39. The molecule has 5 amide bonds. The molecule has 0 bridgehead atoms. The quantitative estimate of drug-likeness (QED) is 0.178. The van der Waals surface area contributed by atoms with Crippen molar-refractivity contribution < 1.29 is 55.9 Å². The highest BCUT2D eigenvalue weighted by Crippen LogP contribution is 2.48. The first-order chi connectivity index (χ1) is 28.6. The van der Waals surface area contributed by atoms with Crippen LogP contribution in [0.1, 0.15) is 112 Å². The molecular formula is C43H69F3N6O8S. The molecule has 14 nitrogen and oxygen atoms in total. The van der Waals surface area contributed by atoms with Crippen molar-refractivity contribution in [2.45, 2.75) is 147 Å². The normalized spacial score (nSPS) is 28.3. The van der Waals surface area contributed by atoms with Crippen LogP contribution in [0, 0.1) is 17.8 Å². The van der Waals surface area contributed by atoms with E-state index in [4.69, 9.17) is 9.47 Å². The summed E-state index contributed by atoms with van der Waals surface area (Å²) >= 11 is 0. The molecule has 0 unspecified atom stereocenters. The molecule has 2 saturated carbocycles. The second-order valence-electron chi connectivity index (χ2n) is 17.5. The zero-order valence-electron chi connectivity index (χ0n) is 36.3. The molecule has 346 valence electrons. The minimum absolute atomic E-state index is 0.